The second kappa shape index (κ2) is 7.72. The molecule has 3 unspecified atom stereocenters. The van der Waals surface area contributed by atoms with E-state index in [1.54, 1.807) is 18.2 Å². The van der Waals surface area contributed by atoms with Crippen molar-refractivity contribution < 1.29 is 13.2 Å². The SMILES string of the molecule is CCNC(=NCc1cccc(S(=O)(=O)NC)c1)NC1CC2CCC1O2. The van der Waals surface area contributed by atoms with Gasteiger partial charge >= 0.3 is 0 Å². The summed E-state index contributed by atoms with van der Waals surface area (Å²) in [7, 11) is -2.03. The van der Waals surface area contributed by atoms with E-state index in [0.717, 1.165) is 37.3 Å². The van der Waals surface area contributed by atoms with E-state index in [9.17, 15) is 8.42 Å². The third-order valence-electron chi connectivity index (χ3n) is 4.67. The summed E-state index contributed by atoms with van der Waals surface area (Å²) in [5.74, 6) is 0.741. The average molecular weight is 366 g/mol. The van der Waals surface area contributed by atoms with E-state index in [1.165, 1.54) is 7.05 Å². The number of rotatable bonds is 6. The Morgan fingerprint density at radius 2 is 2.20 bits per heavy atom. The lowest BCUT2D eigenvalue weighted by molar-refractivity contribution is 0.0992. The van der Waals surface area contributed by atoms with Crippen LogP contribution in [0.4, 0.5) is 0 Å². The second-order valence-electron chi connectivity index (χ2n) is 6.41. The van der Waals surface area contributed by atoms with Gasteiger partial charge in [-0.1, -0.05) is 12.1 Å². The molecule has 2 fully saturated rings. The van der Waals surface area contributed by atoms with Gasteiger partial charge in [-0.2, -0.15) is 0 Å². The maximum atomic E-state index is 11.9. The molecule has 3 rings (SSSR count). The Kier molecular flexibility index (Phi) is 5.61. The zero-order valence-corrected chi connectivity index (χ0v) is 15.5. The van der Waals surface area contributed by atoms with Crippen LogP contribution in [-0.2, 0) is 21.3 Å². The number of fused-ring (bicyclic) bond motifs is 2. The molecule has 2 bridgehead atoms. The van der Waals surface area contributed by atoms with Crippen LogP contribution in [-0.4, -0.2) is 46.2 Å². The van der Waals surface area contributed by atoms with Crippen LogP contribution in [0.15, 0.2) is 34.2 Å². The normalized spacial score (nSPS) is 26.0. The molecule has 3 atom stereocenters. The summed E-state index contributed by atoms with van der Waals surface area (Å²) in [6, 6.07) is 7.14. The average Bonchev–Trinajstić information content (AvgIpc) is 3.23. The lowest BCUT2D eigenvalue weighted by atomic mass is 9.96. The number of benzene rings is 1. The van der Waals surface area contributed by atoms with Gasteiger partial charge in [-0.3, -0.25) is 0 Å². The molecule has 8 heteroatoms. The summed E-state index contributed by atoms with van der Waals surface area (Å²) in [6.45, 7) is 3.19. The van der Waals surface area contributed by atoms with Crippen molar-refractivity contribution in [2.75, 3.05) is 13.6 Å². The first-order chi connectivity index (χ1) is 12.0. The first-order valence-corrected chi connectivity index (χ1v) is 10.2. The highest BCUT2D eigenvalue weighted by Gasteiger charge is 2.41. The fourth-order valence-electron chi connectivity index (χ4n) is 3.38. The van der Waals surface area contributed by atoms with Crippen LogP contribution in [0.1, 0.15) is 31.7 Å². The quantitative estimate of drug-likeness (QED) is 0.515. The summed E-state index contributed by atoms with van der Waals surface area (Å²) in [6.07, 6.45) is 3.94. The van der Waals surface area contributed by atoms with E-state index in [1.807, 2.05) is 13.0 Å². The summed E-state index contributed by atoms with van der Waals surface area (Å²) < 4.78 is 32.0. The topological polar surface area (TPSA) is 91.8 Å². The number of aliphatic imine (C=N–C) groups is 1. The summed E-state index contributed by atoms with van der Waals surface area (Å²) in [4.78, 5) is 4.86. The van der Waals surface area contributed by atoms with Gasteiger partial charge < -0.3 is 15.4 Å². The Labute approximate surface area is 149 Å². The summed E-state index contributed by atoms with van der Waals surface area (Å²) >= 11 is 0. The Morgan fingerprint density at radius 3 is 2.84 bits per heavy atom. The van der Waals surface area contributed by atoms with Gasteiger partial charge in [0.05, 0.1) is 29.7 Å². The van der Waals surface area contributed by atoms with Gasteiger partial charge in [-0.05, 0) is 50.9 Å². The number of hydrogen-bond acceptors (Lipinski definition) is 4. The van der Waals surface area contributed by atoms with Gasteiger partial charge in [-0.25, -0.2) is 18.1 Å². The van der Waals surface area contributed by atoms with E-state index in [0.29, 0.717) is 18.7 Å². The molecule has 2 saturated heterocycles. The monoisotopic (exact) mass is 366 g/mol. The van der Waals surface area contributed by atoms with E-state index < -0.39 is 10.0 Å². The van der Waals surface area contributed by atoms with Crippen molar-refractivity contribution in [3.8, 4) is 0 Å². The highest BCUT2D eigenvalue weighted by Crippen LogP contribution is 2.34. The molecule has 0 amide bonds. The van der Waals surface area contributed by atoms with Gasteiger partial charge in [0, 0.05) is 6.54 Å². The molecule has 7 nitrogen and oxygen atoms in total. The van der Waals surface area contributed by atoms with Crippen LogP contribution in [0.3, 0.4) is 0 Å². The van der Waals surface area contributed by atoms with Gasteiger partial charge in [-0.15, -0.1) is 0 Å². The number of sulfonamides is 1. The third-order valence-corrected chi connectivity index (χ3v) is 6.08. The predicted octanol–water partition coefficient (Wildman–Crippen LogP) is 0.970. The van der Waals surface area contributed by atoms with Crippen molar-refractivity contribution >= 4 is 16.0 Å². The smallest absolute Gasteiger partial charge is 0.240 e. The van der Waals surface area contributed by atoms with Crippen molar-refractivity contribution in [2.24, 2.45) is 4.99 Å². The number of guanidine groups is 1. The van der Waals surface area contributed by atoms with Crippen molar-refractivity contribution in [2.45, 2.75) is 55.9 Å². The zero-order valence-electron chi connectivity index (χ0n) is 14.7. The van der Waals surface area contributed by atoms with Crippen LogP contribution in [0.2, 0.25) is 0 Å². The molecule has 138 valence electrons. The molecule has 1 aromatic carbocycles. The van der Waals surface area contributed by atoms with Crippen LogP contribution in [0.25, 0.3) is 0 Å². The van der Waals surface area contributed by atoms with E-state index in [-0.39, 0.29) is 11.0 Å². The first kappa shape index (κ1) is 18.2. The molecule has 25 heavy (non-hydrogen) atoms. The van der Waals surface area contributed by atoms with Crippen LogP contribution >= 0.6 is 0 Å². The van der Waals surface area contributed by atoms with Crippen LogP contribution in [0, 0.1) is 0 Å². The highest BCUT2D eigenvalue weighted by molar-refractivity contribution is 7.89. The molecule has 3 N–H and O–H groups in total. The molecule has 2 aliphatic rings. The first-order valence-electron chi connectivity index (χ1n) is 8.74. The summed E-state index contributed by atoms with van der Waals surface area (Å²) in [5.41, 5.74) is 0.845. The van der Waals surface area contributed by atoms with Gasteiger partial charge in [0.25, 0.3) is 0 Å². The molecule has 0 aromatic heterocycles. The minimum absolute atomic E-state index is 0.252. The minimum Gasteiger partial charge on any atom is -0.373 e. The Bertz CT molecular complexity index is 735. The van der Waals surface area contributed by atoms with Gasteiger partial charge in [0.15, 0.2) is 5.96 Å². The highest BCUT2D eigenvalue weighted by atomic mass is 32.2. The molecular formula is C17H26N4O3S. The fraction of sp³-hybridized carbons (Fsp3) is 0.588. The van der Waals surface area contributed by atoms with Crippen molar-refractivity contribution in [3.63, 3.8) is 0 Å². The lowest BCUT2D eigenvalue weighted by Crippen LogP contribution is -2.47. The van der Waals surface area contributed by atoms with Crippen molar-refractivity contribution in [3.05, 3.63) is 29.8 Å². The van der Waals surface area contributed by atoms with Crippen molar-refractivity contribution in [1.82, 2.24) is 15.4 Å². The zero-order chi connectivity index (χ0) is 17.9. The molecule has 0 spiro atoms. The standard InChI is InChI=1S/C17H26N4O3S/c1-3-19-17(21-15-10-13-7-8-16(15)24-13)20-11-12-5-4-6-14(9-12)25(22,23)18-2/h4-6,9,13,15-16,18H,3,7-8,10-11H2,1-2H3,(H2,19,20,21). The number of nitrogens with zero attached hydrogens (tertiary/aromatic N) is 1. The Morgan fingerprint density at radius 1 is 1.36 bits per heavy atom. The van der Waals surface area contributed by atoms with Gasteiger partial charge in [0.2, 0.25) is 10.0 Å². The van der Waals surface area contributed by atoms with Crippen molar-refractivity contribution in [1.29, 1.82) is 0 Å². The third kappa shape index (κ3) is 4.31. The number of ether oxygens (including phenoxy) is 1. The molecule has 0 aliphatic carbocycles. The minimum atomic E-state index is -3.44. The fourth-order valence-corrected chi connectivity index (χ4v) is 4.18. The lowest BCUT2D eigenvalue weighted by Gasteiger charge is -2.22. The largest absolute Gasteiger partial charge is 0.373 e. The maximum Gasteiger partial charge on any atom is 0.240 e. The van der Waals surface area contributed by atoms with E-state index in [2.05, 4.69) is 20.3 Å². The summed E-state index contributed by atoms with van der Waals surface area (Å²) in [5, 5.41) is 6.71. The second-order valence-corrected chi connectivity index (χ2v) is 8.30. The molecule has 2 heterocycles. The van der Waals surface area contributed by atoms with Crippen LogP contribution in [0.5, 0.6) is 0 Å². The maximum absolute atomic E-state index is 11.9. The van der Waals surface area contributed by atoms with Gasteiger partial charge in [0.1, 0.15) is 0 Å². The number of nitrogens with one attached hydrogen (secondary N) is 3. The molecular weight excluding hydrogens is 340 g/mol. The molecule has 1 aromatic rings. The predicted molar refractivity (Wildman–Crippen MR) is 96.9 cm³/mol. The molecule has 0 saturated carbocycles. The molecule has 0 radical (unpaired) electrons. The van der Waals surface area contributed by atoms with E-state index >= 15 is 0 Å². The van der Waals surface area contributed by atoms with E-state index in [4.69, 9.17) is 4.74 Å². The Hall–Kier alpha value is -1.64. The molecule has 2 aliphatic heterocycles. The number of hydrogen-bond donors (Lipinski definition) is 3. The Balaban J connectivity index is 1.68. The van der Waals surface area contributed by atoms with Crippen LogP contribution < -0.4 is 15.4 Å².